The lowest BCUT2D eigenvalue weighted by Gasteiger charge is -2.25. The molecule has 1 N–H and O–H groups in total. The maximum Gasteiger partial charge on any atom is 0.339 e. The predicted octanol–water partition coefficient (Wildman–Crippen LogP) is 2.77. The first-order chi connectivity index (χ1) is 11.6. The van der Waals surface area contributed by atoms with E-state index in [0.29, 0.717) is 37.7 Å². The minimum absolute atomic E-state index is 0.166. The van der Waals surface area contributed by atoms with Crippen LogP contribution in [0.5, 0.6) is 0 Å². The summed E-state index contributed by atoms with van der Waals surface area (Å²) in [4.78, 5) is 19.4. The van der Waals surface area contributed by atoms with Crippen LogP contribution in [0.3, 0.4) is 0 Å². The second-order valence-electron chi connectivity index (χ2n) is 5.61. The number of hydrogen-bond donors (Lipinski definition) is 1. The zero-order chi connectivity index (χ0) is 17.1. The van der Waals surface area contributed by atoms with E-state index in [4.69, 9.17) is 0 Å². The molecule has 1 aromatic carbocycles. The molecule has 1 aliphatic rings. The van der Waals surface area contributed by atoms with Gasteiger partial charge in [-0.2, -0.15) is 0 Å². The Labute approximate surface area is 138 Å². The normalized spacial score (nSPS) is 15.2. The Balaban J connectivity index is 1.78. The molecule has 2 heterocycles. The minimum atomic E-state index is -1.01. The van der Waals surface area contributed by atoms with Crippen LogP contribution in [0.4, 0.5) is 20.3 Å². The number of anilines is 2. The van der Waals surface area contributed by atoms with Crippen LogP contribution in [-0.4, -0.2) is 42.2 Å². The third-order valence-electron chi connectivity index (χ3n) is 4.08. The summed E-state index contributed by atoms with van der Waals surface area (Å²) < 4.78 is 26.5. The van der Waals surface area contributed by atoms with Crippen molar-refractivity contribution in [2.75, 3.05) is 36.0 Å². The maximum atomic E-state index is 13.4. The number of carboxylic acid groups (broad SMARTS) is 1. The molecule has 24 heavy (non-hydrogen) atoms. The molecule has 0 amide bonds. The molecule has 5 nitrogen and oxygen atoms in total. The van der Waals surface area contributed by atoms with Gasteiger partial charge in [-0.25, -0.2) is 18.6 Å². The van der Waals surface area contributed by atoms with E-state index in [1.54, 1.807) is 18.3 Å². The molecular weight excluding hydrogens is 316 g/mol. The van der Waals surface area contributed by atoms with Crippen molar-refractivity contribution in [2.45, 2.75) is 6.42 Å². The van der Waals surface area contributed by atoms with E-state index in [1.807, 2.05) is 9.80 Å². The molecule has 0 atom stereocenters. The van der Waals surface area contributed by atoms with Crippen LogP contribution in [0, 0.1) is 11.6 Å². The molecule has 1 aromatic heterocycles. The van der Waals surface area contributed by atoms with Crippen molar-refractivity contribution in [2.24, 2.45) is 0 Å². The summed E-state index contributed by atoms with van der Waals surface area (Å²) in [5.41, 5.74) is 0.786. The van der Waals surface area contributed by atoms with Gasteiger partial charge < -0.3 is 14.9 Å². The molecule has 0 radical (unpaired) electrons. The second kappa shape index (κ2) is 6.82. The first kappa shape index (κ1) is 16.2. The minimum Gasteiger partial charge on any atom is -0.478 e. The van der Waals surface area contributed by atoms with E-state index in [9.17, 15) is 18.7 Å². The number of halogens is 2. The van der Waals surface area contributed by atoms with Crippen molar-refractivity contribution in [1.29, 1.82) is 0 Å². The van der Waals surface area contributed by atoms with Gasteiger partial charge >= 0.3 is 5.97 Å². The van der Waals surface area contributed by atoms with Crippen LogP contribution >= 0.6 is 0 Å². The van der Waals surface area contributed by atoms with Gasteiger partial charge in [0, 0.05) is 44.1 Å². The quantitative estimate of drug-likeness (QED) is 0.936. The van der Waals surface area contributed by atoms with Crippen molar-refractivity contribution in [3.05, 3.63) is 53.7 Å². The number of benzene rings is 1. The highest BCUT2D eigenvalue weighted by Gasteiger charge is 2.21. The van der Waals surface area contributed by atoms with E-state index >= 15 is 0 Å². The molecule has 0 spiro atoms. The molecule has 7 heteroatoms. The number of aromatic carboxylic acids is 1. The van der Waals surface area contributed by atoms with Gasteiger partial charge in [0.05, 0.1) is 0 Å². The lowest BCUT2D eigenvalue weighted by molar-refractivity contribution is 0.0697. The molecule has 1 fully saturated rings. The van der Waals surface area contributed by atoms with E-state index in [-0.39, 0.29) is 5.56 Å². The van der Waals surface area contributed by atoms with Crippen molar-refractivity contribution >= 4 is 17.5 Å². The molecule has 1 saturated heterocycles. The smallest absolute Gasteiger partial charge is 0.339 e. The van der Waals surface area contributed by atoms with Crippen LogP contribution in [-0.2, 0) is 0 Å². The average Bonchev–Trinajstić information content (AvgIpc) is 2.83. The van der Waals surface area contributed by atoms with Crippen LogP contribution in [0.1, 0.15) is 16.8 Å². The van der Waals surface area contributed by atoms with Crippen LogP contribution in [0.15, 0.2) is 36.5 Å². The summed E-state index contributed by atoms with van der Waals surface area (Å²) in [7, 11) is 0. The van der Waals surface area contributed by atoms with E-state index in [1.165, 1.54) is 12.1 Å². The second-order valence-corrected chi connectivity index (χ2v) is 5.61. The van der Waals surface area contributed by atoms with E-state index in [0.717, 1.165) is 12.5 Å². The van der Waals surface area contributed by atoms with Gasteiger partial charge in [-0.15, -0.1) is 0 Å². The summed E-state index contributed by atoms with van der Waals surface area (Å²) in [6.45, 7) is 2.45. The Bertz CT molecular complexity index is 754. The fourth-order valence-corrected chi connectivity index (χ4v) is 2.89. The molecule has 0 unspecified atom stereocenters. The van der Waals surface area contributed by atoms with E-state index < -0.39 is 17.6 Å². The highest BCUT2D eigenvalue weighted by molar-refractivity contribution is 5.93. The third kappa shape index (κ3) is 3.29. The van der Waals surface area contributed by atoms with Crippen LogP contribution in [0.25, 0.3) is 0 Å². The maximum absolute atomic E-state index is 13.4. The highest BCUT2D eigenvalue weighted by atomic mass is 19.2. The Morgan fingerprint density at radius 3 is 2.54 bits per heavy atom. The lowest BCUT2D eigenvalue weighted by Crippen LogP contribution is -2.32. The summed E-state index contributed by atoms with van der Waals surface area (Å²) >= 11 is 0. The van der Waals surface area contributed by atoms with Gasteiger partial charge in [-0.05, 0) is 30.7 Å². The van der Waals surface area contributed by atoms with Gasteiger partial charge in [-0.1, -0.05) is 0 Å². The van der Waals surface area contributed by atoms with Crippen LogP contribution < -0.4 is 9.80 Å². The zero-order valence-electron chi connectivity index (χ0n) is 13.0. The van der Waals surface area contributed by atoms with Crippen molar-refractivity contribution in [1.82, 2.24) is 4.98 Å². The average molecular weight is 333 g/mol. The predicted molar refractivity (Wildman–Crippen MR) is 86.6 cm³/mol. The number of hydrogen-bond acceptors (Lipinski definition) is 4. The highest BCUT2D eigenvalue weighted by Crippen LogP contribution is 2.23. The van der Waals surface area contributed by atoms with Gasteiger partial charge in [0.15, 0.2) is 11.6 Å². The standard InChI is InChI=1S/C17H17F2N3O2/c18-14-5-4-12(11-15(14)19)21-7-2-8-22(10-9-21)16-13(17(23)24)3-1-6-20-16/h1,3-6,11H,2,7-10H2,(H,23,24). The number of carboxylic acids is 1. The molecule has 0 saturated carbocycles. The molecule has 0 aliphatic carbocycles. The number of rotatable bonds is 3. The zero-order valence-corrected chi connectivity index (χ0v) is 13.0. The molecule has 2 aromatic rings. The summed E-state index contributed by atoms with van der Waals surface area (Å²) in [6, 6.07) is 6.99. The SMILES string of the molecule is O=C(O)c1cccnc1N1CCCN(c2ccc(F)c(F)c2)CC1. The molecule has 3 rings (SSSR count). The van der Waals surface area contributed by atoms with Gasteiger partial charge in [0.1, 0.15) is 11.4 Å². The Kier molecular flexibility index (Phi) is 4.59. The fourth-order valence-electron chi connectivity index (χ4n) is 2.89. The summed E-state index contributed by atoms with van der Waals surface area (Å²) in [5.74, 6) is -2.31. The Hall–Kier alpha value is -2.70. The van der Waals surface area contributed by atoms with Gasteiger partial charge in [-0.3, -0.25) is 0 Å². The molecular formula is C17H17F2N3O2. The third-order valence-corrected chi connectivity index (χ3v) is 4.08. The monoisotopic (exact) mass is 333 g/mol. The van der Waals surface area contributed by atoms with Crippen LogP contribution in [0.2, 0.25) is 0 Å². The Morgan fingerprint density at radius 2 is 1.79 bits per heavy atom. The fraction of sp³-hybridized carbons (Fsp3) is 0.294. The van der Waals surface area contributed by atoms with Gasteiger partial charge in [0.2, 0.25) is 0 Å². The summed E-state index contributed by atoms with van der Waals surface area (Å²) in [5, 5.41) is 9.30. The number of carbonyl (C=O) groups is 1. The lowest BCUT2D eigenvalue weighted by atomic mass is 10.2. The summed E-state index contributed by atoms with van der Waals surface area (Å²) in [6.07, 6.45) is 2.33. The number of aromatic nitrogens is 1. The molecule has 126 valence electrons. The number of pyridine rings is 1. The first-order valence-electron chi connectivity index (χ1n) is 7.69. The molecule has 0 bridgehead atoms. The van der Waals surface area contributed by atoms with E-state index in [2.05, 4.69) is 4.98 Å². The molecule has 1 aliphatic heterocycles. The van der Waals surface area contributed by atoms with Crippen molar-refractivity contribution in [3.8, 4) is 0 Å². The first-order valence-corrected chi connectivity index (χ1v) is 7.69. The Morgan fingerprint density at radius 1 is 1.04 bits per heavy atom. The van der Waals surface area contributed by atoms with Gasteiger partial charge in [0.25, 0.3) is 0 Å². The van der Waals surface area contributed by atoms with Crippen molar-refractivity contribution in [3.63, 3.8) is 0 Å². The van der Waals surface area contributed by atoms with Crippen molar-refractivity contribution < 1.29 is 18.7 Å². The number of nitrogens with zero attached hydrogens (tertiary/aromatic N) is 3. The largest absolute Gasteiger partial charge is 0.478 e. The topological polar surface area (TPSA) is 56.7 Å².